The van der Waals surface area contributed by atoms with Crippen LogP contribution in [0.4, 0.5) is 0 Å². The Balaban J connectivity index is 1.71. The molecule has 1 heterocycles. The van der Waals surface area contributed by atoms with Crippen LogP contribution in [0.5, 0.6) is 0 Å². The number of fused-ring (bicyclic) bond motifs is 1. The summed E-state index contributed by atoms with van der Waals surface area (Å²) in [4.78, 5) is 11.2. The maximum absolute atomic E-state index is 11.2. The lowest BCUT2D eigenvalue weighted by molar-refractivity contribution is -0.118. The van der Waals surface area contributed by atoms with Gasteiger partial charge in [-0.2, -0.15) is 5.10 Å². The summed E-state index contributed by atoms with van der Waals surface area (Å²) in [7, 11) is 0. The van der Waals surface area contributed by atoms with Gasteiger partial charge in [-0.1, -0.05) is 22.0 Å². The highest BCUT2D eigenvalue weighted by Gasteiger charge is 2.23. The van der Waals surface area contributed by atoms with Crippen LogP contribution in [0.2, 0.25) is 0 Å². The Morgan fingerprint density at radius 1 is 1.35 bits per heavy atom. The van der Waals surface area contributed by atoms with E-state index in [0.717, 1.165) is 42.1 Å². The van der Waals surface area contributed by atoms with E-state index in [1.54, 1.807) is 6.92 Å². The van der Waals surface area contributed by atoms with Gasteiger partial charge in [-0.25, -0.2) is 0 Å². The number of halogens is 1. The summed E-state index contributed by atoms with van der Waals surface area (Å²) in [5.41, 5.74) is 1.05. The Morgan fingerprint density at radius 2 is 2.10 bits per heavy atom. The van der Waals surface area contributed by atoms with E-state index in [2.05, 4.69) is 45.0 Å². The second-order valence-corrected chi connectivity index (χ2v) is 6.81. The van der Waals surface area contributed by atoms with Gasteiger partial charge in [0.1, 0.15) is 5.78 Å². The topological polar surface area (TPSA) is 34.9 Å². The average molecular weight is 335 g/mol. The SMILES string of the molecule is CC(=O)C[C@H]1CC[C@H](n2cc3ccc(Br)cc3n2)CC1. The van der Waals surface area contributed by atoms with Crippen LogP contribution in [0.25, 0.3) is 10.9 Å². The van der Waals surface area contributed by atoms with Crippen LogP contribution in [-0.2, 0) is 4.79 Å². The minimum absolute atomic E-state index is 0.322. The first-order valence-corrected chi connectivity index (χ1v) is 8.05. The third-order valence-corrected chi connectivity index (χ3v) is 4.75. The molecular formula is C16H19BrN2O. The molecule has 0 aliphatic heterocycles. The lowest BCUT2D eigenvalue weighted by atomic mass is 9.83. The molecule has 0 N–H and O–H groups in total. The molecule has 1 aliphatic carbocycles. The van der Waals surface area contributed by atoms with Gasteiger partial charge in [0.05, 0.1) is 11.6 Å². The number of rotatable bonds is 3. The molecule has 0 spiro atoms. The largest absolute Gasteiger partial charge is 0.300 e. The van der Waals surface area contributed by atoms with Gasteiger partial charge in [0, 0.05) is 22.5 Å². The number of carbonyl (C=O) groups excluding carboxylic acids is 1. The number of ketones is 1. The van der Waals surface area contributed by atoms with Crippen molar-refractivity contribution in [3.05, 3.63) is 28.9 Å². The van der Waals surface area contributed by atoms with Gasteiger partial charge in [0.25, 0.3) is 0 Å². The Hall–Kier alpha value is -1.16. The molecule has 0 radical (unpaired) electrons. The molecule has 1 saturated carbocycles. The molecule has 0 unspecified atom stereocenters. The Bertz CT molecular complexity index is 626. The molecule has 1 aromatic carbocycles. The molecule has 0 saturated heterocycles. The molecule has 1 aliphatic rings. The van der Waals surface area contributed by atoms with Crippen LogP contribution in [-0.4, -0.2) is 15.6 Å². The molecule has 20 heavy (non-hydrogen) atoms. The van der Waals surface area contributed by atoms with Crippen molar-refractivity contribution in [1.29, 1.82) is 0 Å². The number of hydrogen-bond donors (Lipinski definition) is 0. The lowest BCUT2D eigenvalue weighted by Gasteiger charge is -2.28. The summed E-state index contributed by atoms with van der Waals surface area (Å²) in [5, 5.41) is 5.90. The van der Waals surface area contributed by atoms with Crippen molar-refractivity contribution >= 4 is 32.6 Å². The number of hydrogen-bond acceptors (Lipinski definition) is 2. The average Bonchev–Trinajstić information content (AvgIpc) is 2.81. The molecule has 4 heteroatoms. The van der Waals surface area contributed by atoms with Crippen LogP contribution in [0, 0.1) is 5.92 Å². The van der Waals surface area contributed by atoms with E-state index in [9.17, 15) is 4.79 Å². The first-order valence-electron chi connectivity index (χ1n) is 7.25. The zero-order valence-corrected chi connectivity index (χ0v) is 13.3. The Labute approximate surface area is 127 Å². The van der Waals surface area contributed by atoms with Gasteiger partial charge in [0.2, 0.25) is 0 Å². The van der Waals surface area contributed by atoms with Crippen molar-refractivity contribution < 1.29 is 4.79 Å². The summed E-state index contributed by atoms with van der Waals surface area (Å²) in [6.07, 6.45) is 7.45. The van der Waals surface area contributed by atoms with E-state index in [-0.39, 0.29) is 0 Å². The summed E-state index contributed by atoms with van der Waals surface area (Å²) >= 11 is 3.49. The quantitative estimate of drug-likeness (QED) is 0.827. The molecule has 1 fully saturated rings. The van der Waals surface area contributed by atoms with Gasteiger partial charge in [0.15, 0.2) is 0 Å². The highest BCUT2D eigenvalue weighted by molar-refractivity contribution is 9.10. The number of carbonyl (C=O) groups is 1. The Morgan fingerprint density at radius 3 is 2.80 bits per heavy atom. The van der Waals surface area contributed by atoms with E-state index in [0.29, 0.717) is 17.7 Å². The monoisotopic (exact) mass is 334 g/mol. The van der Waals surface area contributed by atoms with E-state index < -0.39 is 0 Å². The first kappa shape index (κ1) is 13.8. The van der Waals surface area contributed by atoms with Gasteiger partial charge < -0.3 is 4.79 Å². The molecule has 0 atom stereocenters. The van der Waals surface area contributed by atoms with Crippen molar-refractivity contribution in [2.24, 2.45) is 5.92 Å². The lowest BCUT2D eigenvalue weighted by Crippen LogP contribution is -2.19. The standard InChI is InChI=1S/C16H19BrN2O/c1-11(20)8-12-2-6-15(7-3-12)19-10-13-4-5-14(17)9-16(13)18-19/h4-5,9-10,12,15H,2-3,6-8H2,1H3/t12-,15-. The summed E-state index contributed by atoms with van der Waals surface area (Å²) in [6.45, 7) is 1.70. The molecule has 3 nitrogen and oxygen atoms in total. The van der Waals surface area contributed by atoms with Crippen molar-refractivity contribution in [2.45, 2.75) is 45.1 Å². The summed E-state index contributed by atoms with van der Waals surface area (Å²) < 4.78 is 3.20. The van der Waals surface area contributed by atoms with Crippen LogP contribution >= 0.6 is 15.9 Å². The molecule has 0 bridgehead atoms. The fourth-order valence-corrected chi connectivity index (χ4v) is 3.56. The highest BCUT2D eigenvalue weighted by Crippen LogP contribution is 2.34. The van der Waals surface area contributed by atoms with Crippen molar-refractivity contribution in [2.75, 3.05) is 0 Å². The zero-order valence-electron chi connectivity index (χ0n) is 11.7. The normalized spacial score (nSPS) is 23.1. The molecule has 3 rings (SSSR count). The second-order valence-electron chi connectivity index (χ2n) is 5.89. The van der Waals surface area contributed by atoms with E-state index in [1.807, 2.05) is 0 Å². The molecular weight excluding hydrogens is 316 g/mol. The smallest absolute Gasteiger partial charge is 0.130 e. The van der Waals surface area contributed by atoms with Crippen molar-refractivity contribution in [3.8, 4) is 0 Å². The van der Waals surface area contributed by atoms with E-state index >= 15 is 0 Å². The van der Waals surface area contributed by atoms with Crippen LogP contribution in [0.1, 0.15) is 45.1 Å². The fraction of sp³-hybridized carbons (Fsp3) is 0.500. The third kappa shape index (κ3) is 2.95. The number of benzene rings is 1. The minimum atomic E-state index is 0.322. The maximum Gasteiger partial charge on any atom is 0.130 e. The fourth-order valence-electron chi connectivity index (χ4n) is 3.22. The van der Waals surface area contributed by atoms with E-state index in [4.69, 9.17) is 5.10 Å². The Kier molecular flexibility index (Phi) is 3.92. The second kappa shape index (κ2) is 5.68. The molecule has 106 valence electrons. The summed E-state index contributed by atoms with van der Waals surface area (Å²) in [6, 6.07) is 6.71. The third-order valence-electron chi connectivity index (χ3n) is 4.25. The predicted molar refractivity (Wildman–Crippen MR) is 83.7 cm³/mol. The predicted octanol–water partition coefficient (Wildman–Crippen LogP) is 4.51. The number of Topliss-reactive ketones (excluding diaryl/α,β-unsaturated/α-hetero) is 1. The molecule has 1 aromatic heterocycles. The van der Waals surface area contributed by atoms with Gasteiger partial charge in [-0.05, 0) is 50.7 Å². The summed E-state index contributed by atoms with van der Waals surface area (Å²) in [5.74, 6) is 0.908. The van der Waals surface area contributed by atoms with Crippen LogP contribution in [0.3, 0.4) is 0 Å². The first-order chi connectivity index (χ1) is 9.61. The van der Waals surface area contributed by atoms with Crippen LogP contribution < -0.4 is 0 Å². The van der Waals surface area contributed by atoms with E-state index in [1.165, 1.54) is 5.39 Å². The highest BCUT2D eigenvalue weighted by atomic mass is 79.9. The number of aromatic nitrogens is 2. The van der Waals surface area contributed by atoms with Gasteiger partial charge in [-0.15, -0.1) is 0 Å². The maximum atomic E-state index is 11.2. The molecule has 2 aromatic rings. The zero-order chi connectivity index (χ0) is 14.1. The number of nitrogens with zero attached hydrogens (tertiary/aromatic N) is 2. The van der Waals surface area contributed by atoms with Crippen LogP contribution in [0.15, 0.2) is 28.9 Å². The minimum Gasteiger partial charge on any atom is -0.300 e. The van der Waals surface area contributed by atoms with Crippen molar-refractivity contribution in [3.63, 3.8) is 0 Å². The van der Waals surface area contributed by atoms with Gasteiger partial charge >= 0.3 is 0 Å². The van der Waals surface area contributed by atoms with Crippen molar-refractivity contribution in [1.82, 2.24) is 9.78 Å². The van der Waals surface area contributed by atoms with Gasteiger partial charge in [-0.3, -0.25) is 4.68 Å². The molecule has 0 amide bonds.